The van der Waals surface area contributed by atoms with Gasteiger partial charge in [0.25, 0.3) is 0 Å². The maximum atomic E-state index is 12.6. The first-order valence-corrected chi connectivity index (χ1v) is 3.43. The third-order valence-corrected chi connectivity index (χ3v) is 1.23. The molecule has 0 amide bonds. The van der Waals surface area contributed by atoms with Crippen LogP contribution in [0.15, 0.2) is 0 Å². The maximum Gasteiger partial charge on any atom is 0.166 e. The largest absolute Gasteiger partial charge is 0.239 e. The zero-order valence-corrected chi connectivity index (χ0v) is 6.80. The molecule has 60 valence electrons. The average Bonchev–Trinajstić information content (AvgIpc) is 1.85. The summed E-state index contributed by atoms with van der Waals surface area (Å²) in [5, 5.41) is 0. The molecule has 3 nitrogen and oxygen atoms in total. The Morgan fingerprint density at radius 1 is 1.09 bits per heavy atom. The van der Waals surface area contributed by atoms with Crippen LogP contribution in [0.1, 0.15) is 30.6 Å². The van der Waals surface area contributed by atoms with Crippen molar-refractivity contribution in [2.75, 3.05) is 0 Å². The molecule has 0 bridgehead atoms. The molecular weight excluding hydrogens is 145 g/mol. The van der Waals surface area contributed by atoms with Crippen molar-refractivity contribution in [3.63, 3.8) is 0 Å². The van der Waals surface area contributed by atoms with Crippen molar-refractivity contribution >= 4 is 0 Å². The van der Waals surface area contributed by atoms with E-state index in [-0.39, 0.29) is 5.82 Å². The number of aromatic nitrogens is 3. The number of aryl methyl sites for hydroxylation is 2. The van der Waals surface area contributed by atoms with Gasteiger partial charge in [-0.1, -0.05) is 0 Å². The van der Waals surface area contributed by atoms with Crippen LogP contribution in [0.3, 0.4) is 0 Å². The van der Waals surface area contributed by atoms with E-state index in [1.54, 1.807) is 13.8 Å². The van der Waals surface area contributed by atoms with E-state index in [4.69, 9.17) is 0 Å². The summed E-state index contributed by atoms with van der Waals surface area (Å²) in [7, 11) is 0. The Hall–Kier alpha value is -1.06. The minimum absolute atomic E-state index is 0.218. The number of halogens is 1. The fraction of sp³-hybridized carbons (Fsp3) is 0.571. The molecule has 0 aliphatic heterocycles. The van der Waals surface area contributed by atoms with Gasteiger partial charge in [-0.3, -0.25) is 0 Å². The topological polar surface area (TPSA) is 38.7 Å². The van der Waals surface area contributed by atoms with Crippen LogP contribution in [0.25, 0.3) is 0 Å². The Labute approximate surface area is 64.7 Å². The van der Waals surface area contributed by atoms with Crippen LogP contribution in [0.5, 0.6) is 0 Å². The van der Waals surface area contributed by atoms with Crippen molar-refractivity contribution < 1.29 is 4.39 Å². The first kappa shape index (κ1) is 8.04. The van der Waals surface area contributed by atoms with Crippen molar-refractivity contribution in [3.05, 3.63) is 17.5 Å². The molecule has 0 aliphatic carbocycles. The number of hydrogen-bond donors (Lipinski definition) is 0. The van der Waals surface area contributed by atoms with Gasteiger partial charge in [-0.25, -0.2) is 19.3 Å². The first-order chi connectivity index (χ1) is 5.09. The van der Waals surface area contributed by atoms with E-state index in [1.807, 2.05) is 0 Å². The van der Waals surface area contributed by atoms with Crippen LogP contribution in [0, 0.1) is 13.8 Å². The summed E-state index contributed by atoms with van der Waals surface area (Å²) in [6.07, 6.45) is -1.12. The number of hydrogen-bond acceptors (Lipinski definition) is 3. The minimum Gasteiger partial charge on any atom is -0.239 e. The van der Waals surface area contributed by atoms with E-state index < -0.39 is 6.17 Å². The highest BCUT2D eigenvalue weighted by molar-refractivity contribution is 4.96. The second-order valence-electron chi connectivity index (χ2n) is 2.40. The molecule has 1 rings (SSSR count). The van der Waals surface area contributed by atoms with Gasteiger partial charge >= 0.3 is 0 Å². The van der Waals surface area contributed by atoms with Crippen LogP contribution in [-0.2, 0) is 0 Å². The quantitative estimate of drug-likeness (QED) is 0.617. The van der Waals surface area contributed by atoms with Crippen LogP contribution in [0.4, 0.5) is 4.39 Å². The lowest BCUT2D eigenvalue weighted by Gasteiger charge is -2.01. The molecule has 0 saturated heterocycles. The van der Waals surface area contributed by atoms with Crippen molar-refractivity contribution in [1.29, 1.82) is 0 Å². The molecular formula is C7H10FN3. The van der Waals surface area contributed by atoms with Gasteiger partial charge in [-0.15, -0.1) is 0 Å². The Kier molecular flexibility index (Phi) is 2.12. The zero-order chi connectivity index (χ0) is 8.43. The summed E-state index contributed by atoms with van der Waals surface area (Å²) in [5.41, 5.74) is 0. The molecule has 0 aromatic carbocycles. The molecule has 0 saturated carbocycles. The molecule has 0 fully saturated rings. The Morgan fingerprint density at radius 3 is 1.91 bits per heavy atom. The molecule has 1 heterocycles. The monoisotopic (exact) mass is 155 g/mol. The summed E-state index contributed by atoms with van der Waals surface area (Å²) >= 11 is 0. The van der Waals surface area contributed by atoms with Crippen LogP contribution in [-0.4, -0.2) is 15.0 Å². The summed E-state index contributed by atoms with van der Waals surface area (Å²) < 4.78 is 12.6. The molecule has 1 aromatic rings. The lowest BCUT2D eigenvalue weighted by atomic mass is 10.4. The molecule has 0 spiro atoms. The fourth-order valence-corrected chi connectivity index (χ4v) is 0.819. The molecule has 0 N–H and O–H groups in total. The van der Waals surface area contributed by atoms with Crippen molar-refractivity contribution in [1.82, 2.24) is 15.0 Å². The number of nitrogens with zero attached hydrogens (tertiary/aromatic N) is 3. The molecule has 1 atom stereocenters. The summed E-state index contributed by atoms with van der Waals surface area (Å²) in [6.45, 7) is 4.86. The number of rotatable bonds is 1. The van der Waals surface area contributed by atoms with Crippen molar-refractivity contribution in [2.45, 2.75) is 26.9 Å². The van der Waals surface area contributed by atoms with Gasteiger partial charge in [0.15, 0.2) is 12.0 Å². The van der Waals surface area contributed by atoms with E-state index >= 15 is 0 Å². The third-order valence-electron chi connectivity index (χ3n) is 1.23. The highest BCUT2D eigenvalue weighted by Crippen LogP contribution is 2.10. The average molecular weight is 155 g/mol. The smallest absolute Gasteiger partial charge is 0.166 e. The molecule has 0 radical (unpaired) electrons. The molecule has 4 heteroatoms. The summed E-state index contributed by atoms with van der Waals surface area (Å²) in [4.78, 5) is 11.6. The second kappa shape index (κ2) is 2.90. The van der Waals surface area contributed by atoms with E-state index in [0.29, 0.717) is 11.6 Å². The van der Waals surface area contributed by atoms with Crippen molar-refractivity contribution in [2.24, 2.45) is 0 Å². The van der Waals surface area contributed by atoms with Gasteiger partial charge in [0.05, 0.1) is 0 Å². The Balaban J connectivity index is 3.08. The predicted octanol–water partition coefficient (Wildman–Crippen LogP) is 1.52. The van der Waals surface area contributed by atoms with Crippen LogP contribution >= 0.6 is 0 Å². The maximum absolute atomic E-state index is 12.6. The van der Waals surface area contributed by atoms with Gasteiger partial charge in [0.2, 0.25) is 0 Å². The van der Waals surface area contributed by atoms with Gasteiger partial charge in [-0.2, -0.15) is 0 Å². The summed E-state index contributed by atoms with van der Waals surface area (Å²) in [5.74, 6) is 1.35. The molecule has 11 heavy (non-hydrogen) atoms. The highest BCUT2D eigenvalue weighted by Gasteiger charge is 2.07. The van der Waals surface area contributed by atoms with Crippen LogP contribution in [0.2, 0.25) is 0 Å². The number of alkyl halides is 1. The molecule has 1 unspecified atom stereocenters. The Bertz CT molecular complexity index is 240. The fourth-order valence-electron chi connectivity index (χ4n) is 0.819. The lowest BCUT2D eigenvalue weighted by molar-refractivity contribution is 0.353. The van der Waals surface area contributed by atoms with E-state index in [1.165, 1.54) is 6.92 Å². The van der Waals surface area contributed by atoms with Gasteiger partial charge in [0, 0.05) is 0 Å². The van der Waals surface area contributed by atoms with E-state index in [0.717, 1.165) is 0 Å². The first-order valence-electron chi connectivity index (χ1n) is 3.43. The lowest BCUT2D eigenvalue weighted by Crippen LogP contribution is -2.03. The highest BCUT2D eigenvalue weighted by atomic mass is 19.1. The molecule has 1 aromatic heterocycles. The Morgan fingerprint density at radius 2 is 1.55 bits per heavy atom. The minimum atomic E-state index is -1.12. The predicted molar refractivity (Wildman–Crippen MR) is 38.8 cm³/mol. The SMILES string of the molecule is Cc1nc(C)nc(C(C)F)n1. The van der Waals surface area contributed by atoms with E-state index in [9.17, 15) is 4.39 Å². The van der Waals surface area contributed by atoms with Crippen LogP contribution < -0.4 is 0 Å². The van der Waals surface area contributed by atoms with Crippen molar-refractivity contribution in [3.8, 4) is 0 Å². The van der Waals surface area contributed by atoms with E-state index in [2.05, 4.69) is 15.0 Å². The second-order valence-corrected chi connectivity index (χ2v) is 2.40. The van der Waals surface area contributed by atoms with Gasteiger partial charge in [0.1, 0.15) is 11.6 Å². The summed E-state index contributed by atoms with van der Waals surface area (Å²) in [6, 6.07) is 0. The van der Waals surface area contributed by atoms with Gasteiger partial charge in [-0.05, 0) is 20.8 Å². The standard InChI is InChI=1S/C7H10FN3/c1-4(8)7-10-5(2)9-6(3)11-7/h4H,1-3H3. The molecule has 0 aliphatic rings. The van der Waals surface area contributed by atoms with Gasteiger partial charge < -0.3 is 0 Å². The normalized spacial score (nSPS) is 13.1. The zero-order valence-electron chi connectivity index (χ0n) is 6.80. The third kappa shape index (κ3) is 1.93.